The molecule has 0 spiro atoms. The summed E-state index contributed by atoms with van der Waals surface area (Å²) in [5.41, 5.74) is 4.83. The van der Waals surface area contributed by atoms with E-state index in [-0.39, 0.29) is 0 Å². The van der Waals surface area contributed by atoms with Gasteiger partial charge in [0.2, 0.25) is 0 Å². The molecule has 3 N–H and O–H groups in total. The summed E-state index contributed by atoms with van der Waals surface area (Å²) in [6.07, 6.45) is 2.00. The highest BCUT2D eigenvalue weighted by Gasteiger charge is 2.21. The van der Waals surface area contributed by atoms with E-state index in [0.717, 1.165) is 12.8 Å². The Balaban J connectivity index is 4.09. The molecule has 0 aromatic heterocycles. The Labute approximate surface area is 93.4 Å². The molecule has 0 heterocycles. The monoisotopic (exact) mass is 218 g/mol. The minimum absolute atomic E-state index is 0.338. The van der Waals surface area contributed by atoms with Gasteiger partial charge >= 0.3 is 0 Å². The highest BCUT2D eigenvalue weighted by molar-refractivity contribution is 4.76. The zero-order valence-electron chi connectivity index (χ0n) is 10.5. The molecule has 15 heavy (non-hydrogen) atoms. The second kappa shape index (κ2) is 7.17. The maximum Gasteiger partial charge on any atom is 0.0718 e. The molecule has 0 saturated carbocycles. The lowest BCUT2D eigenvalue weighted by Crippen LogP contribution is -2.44. The van der Waals surface area contributed by atoms with Gasteiger partial charge in [-0.15, -0.1) is 0 Å². The topological polar surface area (TPSA) is 58.7 Å². The van der Waals surface area contributed by atoms with Crippen LogP contribution in [0.1, 0.15) is 26.7 Å². The minimum Gasteiger partial charge on any atom is -0.389 e. The molecule has 0 aliphatic rings. The van der Waals surface area contributed by atoms with Gasteiger partial charge in [0.15, 0.2) is 0 Å². The third-order valence-electron chi connectivity index (χ3n) is 2.36. The van der Waals surface area contributed by atoms with Crippen LogP contribution >= 0.6 is 0 Å². The summed E-state index contributed by atoms with van der Waals surface area (Å²) >= 11 is 0. The van der Waals surface area contributed by atoms with Crippen LogP contribution in [0.25, 0.3) is 0 Å². The number of nitrogens with zero attached hydrogens (tertiary/aromatic N) is 1. The van der Waals surface area contributed by atoms with Crippen molar-refractivity contribution in [1.82, 2.24) is 4.90 Å². The zero-order chi connectivity index (χ0) is 11.9. The minimum atomic E-state index is -0.663. The fourth-order valence-corrected chi connectivity index (χ4v) is 1.72. The van der Waals surface area contributed by atoms with Crippen molar-refractivity contribution < 1.29 is 9.84 Å². The second-order valence-corrected chi connectivity index (χ2v) is 4.77. The van der Waals surface area contributed by atoms with E-state index in [0.29, 0.717) is 25.7 Å². The van der Waals surface area contributed by atoms with Crippen molar-refractivity contribution in [3.8, 4) is 0 Å². The molecule has 0 rings (SSSR count). The van der Waals surface area contributed by atoms with Crippen molar-refractivity contribution in [3.05, 3.63) is 0 Å². The van der Waals surface area contributed by atoms with Crippen LogP contribution in [0.3, 0.4) is 0 Å². The fraction of sp³-hybridized carbons (Fsp3) is 1.00. The molecule has 0 aliphatic carbocycles. The molecule has 4 heteroatoms. The summed E-state index contributed by atoms with van der Waals surface area (Å²) < 4.78 is 5.17. The van der Waals surface area contributed by atoms with Gasteiger partial charge in [-0.25, -0.2) is 0 Å². The Bertz CT molecular complexity index is 157. The quantitative estimate of drug-likeness (QED) is 0.621. The summed E-state index contributed by atoms with van der Waals surface area (Å²) in [6, 6.07) is 0.338. The largest absolute Gasteiger partial charge is 0.389 e. The van der Waals surface area contributed by atoms with Crippen molar-refractivity contribution in [3.63, 3.8) is 0 Å². The van der Waals surface area contributed by atoms with Crippen molar-refractivity contribution in [2.24, 2.45) is 5.73 Å². The van der Waals surface area contributed by atoms with E-state index in [2.05, 4.69) is 4.90 Å². The van der Waals surface area contributed by atoms with Gasteiger partial charge in [-0.05, 0) is 40.3 Å². The van der Waals surface area contributed by atoms with Gasteiger partial charge in [-0.3, -0.25) is 4.90 Å². The molecule has 0 saturated heterocycles. The van der Waals surface area contributed by atoms with Gasteiger partial charge < -0.3 is 15.6 Å². The molecule has 1 atom stereocenters. The molecule has 0 fully saturated rings. The van der Waals surface area contributed by atoms with Crippen LogP contribution < -0.4 is 5.73 Å². The van der Waals surface area contributed by atoms with E-state index in [1.165, 1.54) is 0 Å². The highest BCUT2D eigenvalue weighted by atomic mass is 16.5. The van der Waals surface area contributed by atoms with E-state index in [1.54, 1.807) is 7.11 Å². The number of nitrogens with two attached hydrogens (primary N) is 1. The Morgan fingerprint density at radius 2 is 2.07 bits per heavy atom. The Morgan fingerprint density at radius 1 is 1.47 bits per heavy atom. The average Bonchev–Trinajstić information content (AvgIpc) is 2.09. The summed E-state index contributed by atoms with van der Waals surface area (Å²) in [4.78, 5) is 2.14. The first kappa shape index (κ1) is 14.8. The molecule has 0 bridgehead atoms. The number of aliphatic hydroxyl groups is 1. The molecule has 0 amide bonds. The summed E-state index contributed by atoms with van der Waals surface area (Å²) in [5, 5.41) is 9.72. The fourth-order valence-electron chi connectivity index (χ4n) is 1.72. The Kier molecular flexibility index (Phi) is 7.09. The Hall–Kier alpha value is -0.160. The third kappa shape index (κ3) is 7.73. The van der Waals surface area contributed by atoms with Gasteiger partial charge in [0.25, 0.3) is 0 Å². The number of hydrogen-bond acceptors (Lipinski definition) is 4. The van der Waals surface area contributed by atoms with Crippen molar-refractivity contribution in [2.45, 2.75) is 38.3 Å². The van der Waals surface area contributed by atoms with Crippen molar-refractivity contribution in [2.75, 3.05) is 33.9 Å². The predicted molar refractivity (Wildman–Crippen MR) is 62.9 cm³/mol. The molecular weight excluding hydrogens is 192 g/mol. The number of methoxy groups -OCH3 is 1. The SMILES string of the molecule is COCC(CCCN)N(C)CC(C)(C)O. The van der Waals surface area contributed by atoms with Gasteiger partial charge in [-0.2, -0.15) is 0 Å². The zero-order valence-corrected chi connectivity index (χ0v) is 10.5. The number of hydrogen-bond donors (Lipinski definition) is 2. The standard InChI is InChI=1S/C11H26N2O2/c1-11(2,14)9-13(3)10(8-15-4)6-5-7-12/h10,14H,5-9,12H2,1-4H3. The van der Waals surface area contributed by atoms with Crippen molar-refractivity contribution >= 4 is 0 Å². The van der Waals surface area contributed by atoms with E-state index >= 15 is 0 Å². The lowest BCUT2D eigenvalue weighted by molar-refractivity contribution is 0.0132. The lowest BCUT2D eigenvalue weighted by Gasteiger charge is -2.32. The molecule has 0 aliphatic heterocycles. The van der Waals surface area contributed by atoms with E-state index in [9.17, 15) is 5.11 Å². The third-order valence-corrected chi connectivity index (χ3v) is 2.36. The van der Waals surface area contributed by atoms with Gasteiger partial charge in [0.1, 0.15) is 0 Å². The number of likely N-dealkylation sites (N-methyl/N-ethyl adjacent to an activating group) is 1. The van der Waals surface area contributed by atoms with Crippen LogP contribution in [0.15, 0.2) is 0 Å². The van der Waals surface area contributed by atoms with E-state index in [4.69, 9.17) is 10.5 Å². The second-order valence-electron chi connectivity index (χ2n) is 4.77. The van der Waals surface area contributed by atoms with Gasteiger partial charge in [0, 0.05) is 19.7 Å². The number of ether oxygens (including phenoxy) is 1. The van der Waals surface area contributed by atoms with Crippen LogP contribution in [0.4, 0.5) is 0 Å². The highest BCUT2D eigenvalue weighted by Crippen LogP contribution is 2.10. The first-order valence-electron chi connectivity index (χ1n) is 5.52. The summed E-state index contributed by atoms with van der Waals surface area (Å²) in [6.45, 7) is 5.67. The van der Waals surface area contributed by atoms with E-state index < -0.39 is 5.60 Å². The first-order chi connectivity index (χ1) is 6.90. The van der Waals surface area contributed by atoms with E-state index in [1.807, 2.05) is 20.9 Å². The molecule has 0 radical (unpaired) electrons. The van der Waals surface area contributed by atoms with Crippen LogP contribution in [-0.4, -0.2) is 55.5 Å². The van der Waals surface area contributed by atoms with Crippen LogP contribution in [-0.2, 0) is 4.74 Å². The molecule has 0 aromatic carbocycles. The molecule has 1 unspecified atom stereocenters. The summed E-state index contributed by atoms with van der Waals surface area (Å²) in [5.74, 6) is 0. The lowest BCUT2D eigenvalue weighted by atomic mass is 10.1. The molecule has 4 nitrogen and oxygen atoms in total. The molecule has 0 aromatic rings. The smallest absolute Gasteiger partial charge is 0.0718 e. The maximum absolute atomic E-state index is 9.72. The van der Waals surface area contributed by atoms with Crippen LogP contribution in [0.5, 0.6) is 0 Å². The van der Waals surface area contributed by atoms with Crippen molar-refractivity contribution in [1.29, 1.82) is 0 Å². The first-order valence-corrected chi connectivity index (χ1v) is 5.52. The van der Waals surface area contributed by atoms with Crippen LogP contribution in [0.2, 0.25) is 0 Å². The maximum atomic E-state index is 9.72. The normalized spacial score (nSPS) is 14.6. The van der Waals surface area contributed by atoms with Gasteiger partial charge in [-0.1, -0.05) is 0 Å². The van der Waals surface area contributed by atoms with Gasteiger partial charge in [0.05, 0.1) is 12.2 Å². The predicted octanol–water partition coefficient (Wildman–Crippen LogP) is 0.443. The molecular formula is C11H26N2O2. The molecule has 92 valence electrons. The van der Waals surface area contributed by atoms with Crippen LogP contribution in [0, 0.1) is 0 Å². The number of rotatable bonds is 8. The average molecular weight is 218 g/mol. The Morgan fingerprint density at radius 3 is 2.47 bits per heavy atom. The summed E-state index contributed by atoms with van der Waals surface area (Å²) in [7, 11) is 3.71.